The van der Waals surface area contributed by atoms with Gasteiger partial charge in [0.05, 0.1) is 0 Å². The van der Waals surface area contributed by atoms with Gasteiger partial charge in [-0.1, -0.05) is 18.2 Å². The second-order valence-electron chi connectivity index (χ2n) is 5.58. The van der Waals surface area contributed by atoms with E-state index in [0.717, 1.165) is 25.1 Å². The van der Waals surface area contributed by atoms with Crippen molar-refractivity contribution < 1.29 is 4.79 Å². The van der Waals surface area contributed by atoms with Crippen molar-refractivity contribution in [1.29, 1.82) is 0 Å². The Labute approximate surface area is 103 Å². The predicted molar refractivity (Wildman–Crippen MR) is 68.5 cm³/mol. The standard InChI is InChI=1S/C15H19NO/c1-10-4-3-5-12-14(17)8-11-6-7-16(2)9-13(11)15(10)12/h3-5,11,13H,6-9H2,1-2H3/t11-,13+/m1/s1. The maximum absolute atomic E-state index is 12.2. The van der Waals surface area contributed by atoms with Gasteiger partial charge in [-0.15, -0.1) is 0 Å². The molecular weight excluding hydrogens is 210 g/mol. The number of aryl methyl sites for hydroxylation is 1. The van der Waals surface area contributed by atoms with Crippen LogP contribution in [0.15, 0.2) is 18.2 Å². The van der Waals surface area contributed by atoms with E-state index in [9.17, 15) is 4.79 Å². The summed E-state index contributed by atoms with van der Waals surface area (Å²) in [7, 11) is 2.19. The fourth-order valence-corrected chi connectivity index (χ4v) is 3.50. The summed E-state index contributed by atoms with van der Waals surface area (Å²) < 4.78 is 0. The third kappa shape index (κ3) is 1.71. The van der Waals surface area contributed by atoms with Crippen molar-refractivity contribution in [3.8, 4) is 0 Å². The first-order valence-corrected chi connectivity index (χ1v) is 6.48. The van der Waals surface area contributed by atoms with Gasteiger partial charge in [-0.25, -0.2) is 0 Å². The lowest BCUT2D eigenvalue weighted by molar-refractivity contribution is 0.0886. The Hall–Kier alpha value is -1.15. The van der Waals surface area contributed by atoms with Crippen molar-refractivity contribution >= 4 is 5.78 Å². The van der Waals surface area contributed by atoms with Gasteiger partial charge in [0.25, 0.3) is 0 Å². The SMILES string of the molecule is Cc1cccc2c1[C@H]1CN(C)CC[C@@H]1CC2=O. The lowest BCUT2D eigenvalue weighted by Crippen LogP contribution is -2.40. The highest BCUT2D eigenvalue weighted by Gasteiger charge is 2.37. The van der Waals surface area contributed by atoms with Crippen LogP contribution in [0.2, 0.25) is 0 Å². The second-order valence-corrected chi connectivity index (χ2v) is 5.58. The molecule has 1 aromatic rings. The molecule has 0 amide bonds. The molecule has 2 aliphatic rings. The Morgan fingerprint density at radius 1 is 1.35 bits per heavy atom. The summed E-state index contributed by atoms with van der Waals surface area (Å²) >= 11 is 0. The number of nitrogens with zero attached hydrogens (tertiary/aromatic N) is 1. The topological polar surface area (TPSA) is 20.3 Å². The second kappa shape index (κ2) is 3.95. The van der Waals surface area contributed by atoms with Crippen LogP contribution in [-0.2, 0) is 0 Å². The van der Waals surface area contributed by atoms with Gasteiger partial charge in [-0.2, -0.15) is 0 Å². The van der Waals surface area contributed by atoms with E-state index in [4.69, 9.17) is 0 Å². The summed E-state index contributed by atoms with van der Waals surface area (Å²) in [6.45, 7) is 4.38. The van der Waals surface area contributed by atoms with Crippen LogP contribution in [0, 0.1) is 12.8 Å². The van der Waals surface area contributed by atoms with Gasteiger partial charge in [0.1, 0.15) is 0 Å². The highest BCUT2D eigenvalue weighted by molar-refractivity contribution is 5.99. The van der Waals surface area contributed by atoms with E-state index in [-0.39, 0.29) is 0 Å². The summed E-state index contributed by atoms with van der Waals surface area (Å²) in [6.07, 6.45) is 1.93. The van der Waals surface area contributed by atoms with Crippen LogP contribution in [0.5, 0.6) is 0 Å². The quantitative estimate of drug-likeness (QED) is 0.681. The molecule has 1 aliphatic carbocycles. The molecular formula is C15H19NO. The minimum absolute atomic E-state index is 0.356. The van der Waals surface area contributed by atoms with Gasteiger partial charge in [0.2, 0.25) is 0 Å². The van der Waals surface area contributed by atoms with E-state index in [1.165, 1.54) is 17.5 Å². The molecule has 0 aromatic heterocycles. The molecule has 1 aliphatic heterocycles. The number of likely N-dealkylation sites (tertiary alicyclic amines) is 1. The molecule has 0 N–H and O–H groups in total. The van der Waals surface area contributed by atoms with Crippen LogP contribution in [-0.4, -0.2) is 30.8 Å². The smallest absolute Gasteiger partial charge is 0.163 e. The van der Waals surface area contributed by atoms with Crippen LogP contribution in [0.4, 0.5) is 0 Å². The van der Waals surface area contributed by atoms with E-state index in [1.54, 1.807) is 0 Å². The van der Waals surface area contributed by atoms with Gasteiger partial charge < -0.3 is 4.90 Å². The Morgan fingerprint density at radius 2 is 2.18 bits per heavy atom. The fourth-order valence-electron chi connectivity index (χ4n) is 3.50. The maximum Gasteiger partial charge on any atom is 0.163 e. The molecule has 0 bridgehead atoms. The number of fused-ring (bicyclic) bond motifs is 3. The zero-order chi connectivity index (χ0) is 12.0. The largest absolute Gasteiger partial charge is 0.306 e. The molecule has 0 spiro atoms. The first-order chi connectivity index (χ1) is 8.16. The summed E-state index contributed by atoms with van der Waals surface area (Å²) in [6, 6.07) is 6.16. The normalized spacial score (nSPS) is 28.7. The van der Waals surface area contributed by atoms with E-state index >= 15 is 0 Å². The molecule has 90 valence electrons. The molecule has 0 radical (unpaired) electrons. The average Bonchev–Trinajstić information content (AvgIpc) is 2.30. The number of carbonyl (C=O) groups is 1. The Balaban J connectivity index is 2.10. The number of hydrogen-bond donors (Lipinski definition) is 0. The Bertz CT molecular complexity index is 466. The fraction of sp³-hybridized carbons (Fsp3) is 0.533. The molecule has 2 atom stereocenters. The van der Waals surface area contributed by atoms with Crippen molar-refractivity contribution in [1.82, 2.24) is 4.90 Å². The molecule has 1 saturated heterocycles. The maximum atomic E-state index is 12.2. The zero-order valence-electron chi connectivity index (χ0n) is 10.6. The van der Waals surface area contributed by atoms with Crippen molar-refractivity contribution in [2.45, 2.75) is 25.7 Å². The Morgan fingerprint density at radius 3 is 3.00 bits per heavy atom. The van der Waals surface area contributed by atoms with Crippen molar-refractivity contribution in [2.75, 3.05) is 20.1 Å². The first-order valence-electron chi connectivity index (χ1n) is 6.48. The van der Waals surface area contributed by atoms with Crippen LogP contribution < -0.4 is 0 Å². The highest BCUT2D eigenvalue weighted by atomic mass is 16.1. The number of Topliss-reactive ketones (excluding diaryl/α,β-unsaturated/α-hetero) is 1. The molecule has 0 unspecified atom stereocenters. The van der Waals surface area contributed by atoms with Gasteiger partial charge >= 0.3 is 0 Å². The summed E-state index contributed by atoms with van der Waals surface area (Å²) in [5.41, 5.74) is 3.61. The van der Waals surface area contributed by atoms with Gasteiger partial charge in [0, 0.05) is 24.4 Å². The zero-order valence-corrected chi connectivity index (χ0v) is 10.6. The molecule has 1 fully saturated rings. The molecule has 2 nitrogen and oxygen atoms in total. The molecule has 17 heavy (non-hydrogen) atoms. The lowest BCUT2D eigenvalue weighted by Gasteiger charge is -2.41. The lowest BCUT2D eigenvalue weighted by atomic mass is 9.70. The number of rotatable bonds is 0. The van der Waals surface area contributed by atoms with E-state index in [0.29, 0.717) is 17.6 Å². The van der Waals surface area contributed by atoms with Crippen LogP contribution in [0.3, 0.4) is 0 Å². The third-order valence-corrected chi connectivity index (χ3v) is 4.40. The molecule has 2 heteroatoms. The van der Waals surface area contributed by atoms with Crippen LogP contribution >= 0.6 is 0 Å². The molecule has 1 aromatic carbocycles. The van der Waals surface area contributed by atoms with E-state index in [2.05, 4.69) is 24.9 Å². The van der Waals surface area contributed by atoms with E-state index in [1.807, 2.05) is 12.1 Å². The van der Waals surface area contributed by atoms with Crippen LogP contribution in [0.25, 0.3) is 0 Å². The molecule has 3 rings (SSSR count). The number of hydrogen-bond acceptors (Lipinski definition) is 2. The van der Waals surface area contributed by atoms with Crippen LogP contribution in [0.1, 0.15) is 40.2 Å². The Kier molecular flexibility index (Phi) is 2.55. The number of ketones is 1. The summed E-state index contributed by atoms with van der Waals surface area (Å²) in [5, 5.41) is 0. The number of piperidine rings is 1. The summed E-state index contributed by atoms with van der Waals surface area (Å²) in [5.74, 6) is 1.50. The molecule has 1 heterocycles. The van der Waals surface area contributed by atoms with Gasteiger partial charge in [-0.05, 0) is 44.0 Å². The number of likely N-dealkylation sites (N-methyl/N-ethyl adjacent to an activating group) is 1. The number of benzene rings is 1. The first kappa shape index (κ1) is 11.0. The monoisotopic (exact) mass is 229 g/mol. The van der Waals surface area contributed by atoms with Crippen molar-refractivity contribution in [3.63, 3.8) is 0 Å². The summed E-state index contributed by atoms with van der Waals surface area (Å²) in [4.78, 5) is 14.6. The van der Waals surface area contributed by atoms with Gasteiger partial charge in [0.15, 0.2) is 5.78 Å². The molecule has 0 saturated carbocycles. The minimum atomic E-state index is 0.356. The highest BCUT2D eigenvalue weighted by Crippen LogP contribution is 2.42. The van der Waals surface area contributed by atoms with Crippen molar-refractivity contribution in [3.05, 3.63) is 34.9 Å². The minimum Gasteiger partial charge on any atom is -0.306 e. The van der Waals surface area contributed by atoms with E-state index < -0.39 is 0 Å². The third-order valence-electron chi connectivity index (χ3n) is 4.40. The average molecular weight is 229 g/mol. The number of carbonyl (C=O) groups excluding carboxylic acids is 1. The van der Waals surface area contributed by atoms with Gasteiger partial charge in [-0.3, -0.25) is 4.79 Å². The predicted octanol–water partition coefficient (Wildman–Crippen LogP) is 2.62. The van der Waals surface area contributed by atoms with Crippen molar-refractivity contribution in [2.24, 2.45) is 5.92 Å².